The minimum Gasteiger partial charge on any atom is -0.393 e. The maximum Gasteiger partial charge on any atom is 0.130 e. The van der Waals surface area contributed by atoms with Crippen molar-refractivity contribution in [1.82, 2.24) is 4.90 Å². The smallest absolute Gasteiger partial charge is 0.130 e. The number of hydrogen-bond acceptors (Lipinski definition) is 2. The van der Waals surface area contributed by atoms with E-state index in [0.717, 1.165) is 19.3 Å². The Morgan fingerprint density at radius 2 is 1.94 bits per heavy atom. The van der Waals surface area contributed by atoms with E-state index in [2.05, 4.69) is 0 Å². The Bertz CT molecular complexity index is 391. The Morgan fingerprint density at radius 3 is 2.50 bits per heavy atom. The molecule has 1 fully saturated rings. The highest BCUT2D eigenvalue weighted by Crippen LogP contribution is 2.26. The lowest BCUT2D eigenvalue weighted by atomic mass is 10.1. The van der Waals surface area contributed by atoms with Crippen LogP contribution in [0.4, 0.5) is 8.78 Å². The molecule has 1 N–H and O–H groups in total. The predicted octanol–water partition coefficient (Wildman–Crippen LogP) is 2.56. The van der Waals surface area contributed by atoms with Crippen LogP contribution < -0.4 is 0 Å². The molecule has 100 valence electrons. The quantitative estimate of drug-likeness (QED) is 0.893. The second kappa shape index (κ2) is 5.76. The van der Waals surface area contributed by atoms with Gasteiger partial charge < -0.3 is 10.0 Å². The van der Waals surface area contributed by atoms with Gasteiger partial charge in [-0.1, -0.05) is 12.5 Å². The Kier molecular flexibility index (Phi) is 4.30. The maximum atomic E-state index is 13.5. The first-order valence-electron chi connectivity index (χ1n) is 6.37. The summed E-state index contributed by atoms with van der Waals surface area (Å²) >= 11 is 0. The summed E-state index contributed by atoms with van der Waals surface area (Å²) in [6.07, 6.45) is 2.60. The molecule has 1 aromatic rings. The molecular formula is C14H19F2NO. The fourth-order valence-corrected chi connectivity index (χ4v) is 2.65. The summed E-state index contributed by atoms with van der Waals surface area (Å²) in [4.78, 5) is 1.88. The van der Waals surface area contributed by atoms with Gasteiger partial charge in [-0.25, -0.2) is 8.78 Å². The summed E-state index contributed by atoms with van der Waals surface area (Å²) < 4.78 is 27.0. The van der Waals surface area contributed by atoms with Crippen molar-refractivity contribution >= 4 is 0 Å². The van der Waals surface area contributed by atoms with Crippen LogP contribution in [0.25, 0.3) is 0 Å². The number of nitrogens with zero attached hydrogens (tertiary/aromatic N) is 1. The lowest BCUT2D eigenvalue weighted by molar-refractivity contribution is 0.107. The van der Waals surface area contributed by atoms with Gasteiger partial charge in [0, 0.05) is 18.7 Å². The highest BCUT2D eigenvalue weighted by molar-refractivity contribution is 5.19. The maximum absolute atomic E-state index is 13.5. The highest BCUT2D eigenvalue weighted by Gasteiger charge is 2.26. The van der Waals surface area contributed by atoms with Gasteiger partial charge in [0.15, 0.2) is 0 Å². The van der Waals surface area contributed by atoms with Crippen molar-refractivity contribution in [2.45, 2.75) is 31.9 Å². The summed E-state index contributed by atoms with van der Waals surface area (Å²) in [6, 6.07) is 3.92. The van der Waals surface area contributed by atoms with Gasteiger partial charge in [0.05, 0.1) is 6.10 Å². The molecule has 1 saturated carbocycles. The monoisotopic (exact) mass is 255 g/mol. The van der Waals surface area contributed by atoms with Gasteiger partial charge in [0.2, 0.25) is 0 Å². The van der Waals surface area contributed by atoms with Crippen LogP contribution in [0.3, 0.4) is 0 Å². The van der Waals surface area contributed by atoms with Crippen LogP contribution in [0.2, 0.25) is 0 Å². The zero-order valence-corrected chi connectivity index (χ0v) is 10.6. The first-order valence-corrected chi connectivity index (χ1v) is 6.37. The second-order valence-electron chi connectivity index (χ2n) is 5.16. The third-order valence-electron chi connectivity index (χ3n) is 3.65. The number of benzene rings is 1. The van der Waals surface area contributed by atoms with Crippen molar-refractivity contribution in [3.8, 4) is 0 Å². The van der Waals surface area contributed by atoms with E-state index in [-0.39, 0.29) is 24.1 Å². The molecule has 2 nitrogen and oxygen atoms in total. The van der Waals surface area contributed by atoms with Crippen LogP contribution in [0.1, 0.15) is 24.8 Å². The molecule has 4 heteroatoms. The van der Waals surface area contributed by atoms with Crippen LogP contribution in [0, 0.1) is 17.6 Å². The van der Waals surface area contributed by atoms with Crippen LogP contribution in [-0.2, 0) is 6.54 Å². The molecule has 0 heterocycles. The molecule has 1 aromatic carbocycles. The van der Waals surface area contributed by atoms with Gasteiger partial charge in [-0.15, -0.1) is 0 Å². The van der Waals surface area contributed by atoms with Crippen molar-refractivity contribution in [3.63, 3.8) is 0 Å². The second-order valence-corrected chi connectivity index (χ2v) is 5.16. The first kappa shape index (κ1) is 13.4. The van der Waals surface area contributed by atoms with E-state index in [1.807, 2.05) is 11.9 Å². The standard InChI is InChI=1S/C14H19F2NO/c1-17(8-10-4-2-7-14(10)18)9-11-12(15)5-3-6-13(11)16/h3,5-6,10,14,18H,2,4,7-9H2,1H3/t10-,14-/m1/s1. The minimum atomic E-state index is -0.506. The van der Waals surface area contributed by atoms with Crippen molar-refractivity contribution < 1.29 is 13.9 Å². The van der Waals surface area contributed by atoms with Crippen molar-refractivity contribution in [3.05, 3.63) is 35.4 Å². The zero-order valence-electron chi connectivity index (χ0n) is 10.6. The largest absolute Gasteiger partial charge is 0.393 e. The summed E-state index contributed by atoms with van der Waals surface area (Å²) in [6.45, 7) is 0.913. The van der Waals surface area contributed by atoms with E-state index in [1.54, 1.807) is 0 Å². The average Bonchev–Trinajstić information content (AvgIpc) is 2.70. The predicted molar refractivity (Wildman–Crippen MR) is 66.0 cm³/mol. The number of halogens is 2. The molecule has 18 heavy (non-hydrogen) atoms. The van der Waals surface area contributed by atoms with E-state index in [0.29, 0.717) is 6.54 Å². The van der Waals surface area contributed by atoms with Crippen LogP contribution in [-0.4, -0.2) is 29.7 Å². The van der Waals surface area contributed by atoms with Gasteiger partial charge in [0.1, 0.15) is 11.6 Å². The van der Waals surface area contributed by atoms with E-state index in [9.17, 15) is 13.9 Å². The van der Waals surface area contributed by atoms with Gasteiger partial charge in [-0.2, -0.15) is 0 Å². The Labute approximate surface area is 106 Å². The number of hydrogen-bond donors (Lipinski definition) is 1. The van der Waals surface area contributed by atoms with Crippen LogP contribution >= 0.6 is 0 Å². The van der Waals surface area contributed by atoms with Crippen LogP contribution in [0.15, 0.2) is 18.2 Å². The molecule has 0 radical (unpaired) electrons. The van der Waals surface area contributed by atoms with Crippen molar-refractivity contribution in [1.29, 1.82) is 0 Å². The molecule has 0 spiro atoms. The van der Waals surface area contributed by atoms with Crippen molar-refractivity contribution in [2.24, 2.45) is 5.92 Å². The highest BCUT2D eigenvalue weighted by atomic mass is 19.1. The lowest BCUT2D eigenvalue weighted by Crippen LogP contribution is -2.30. The van der Waals surface area contributed by atoms with E-state index in [1.165, 1.54) is 18.2 Å². The van der Waals surface area contributed by atoms with Crippen molar-refractivity contribution in [2.75, 3.05) is 13.6 Å². The molecular weight excluding hydrogens is 236 g/mol. The molecule has 0 bridgehead atoms. The summed E-state index contributed by atoms with van der Waals surface area (Å²) in [5.41, 5.74) is 0.104. The molecule has 0 saturated heterocycles. The SMILES string of the molecule is CN(Cc1c(F)cccc1F)C[C@H]1CCC[C@H]1O. The molecule has 1 aliphatic carbocycles. The fraction of sp³-hybridized carbons (Fsp3) is 0.571. The van der Waals surface area contributed by atoms with Gasteiger partial charge in [-0.3, -0.25) is 0 Å². The molecule has 0 aliphatic heterocycles. The normalized spacial score (nSPS) is 23.8. The number of aliphatic hydroxyl groups excluding tert-OH is 1. The average molecular weight is 255 g/mol. The van der Waals surface area contributed by atoms with Gasteiger partial charge in [-0.05, 0) is 37.9 Å². The molecule has 0 aromatic heterocycles. The third-order valence-corrected chi connectivity index (χ3v) is 3.65. The summed E-state index contributed by atoms with van der Waals surface area (Å²) in [5, 5.41) is 9.74. The number of rotatable bonds is 4. The zero-order chi connectivity index (χ0) is 13.1. The molecule has 0 unspecified atom stereocenters. The fourth-order valence-electron chi connectivity index (χ4n) is 2.65. The third kappa shape index (κ3) is 3.06. The van der Waals surface area contributed by atoms with Crippen LogP contribution in [0.5, 0.6) is 0 Å². The topological polar surface area (TPSA) is 23.5 Å². The molecule has 0 amide bonds. The minimum absolute atomic E-state index is 0.104. The van der Waals surface area contributed by atoms with Gasteiger partial charge in [0.25, 0.3) is 0 Å². The molecule has 2 rings (SSSR count). The van der Waals surface area contributed by atoms with E-state index < -0.39 is 11.6 Å². The number of aliphatic hydroxyl groups is 1. The van der Waals surface area contributed by atoms with E-state index in [4.69, 9.17) is 0 Å². The molecule has 2 atom stereocenters. The summed E-state index contributed by atoms with van der Waals surface area (Å²) in [7, 11) is 1.83. The Hall–Kier alpha value is -1.00. The first-order chi connectivity index (χ1) is 8.58. The molecule has 1 aliphatic rings. The Balaban J connectivity index is 1.96. The van der Waals surface area contributed by atoms with E-state index >= 15 is 0 Å². The summed E-state index contributed by atoms with van der Waals surface area (Å²) in [5.74, 6) is -0.785. The lowest BCUT2D eigenvalue weighted by Gasteiger charge is -2.23. The Morgan fingerprint density at radius 1 is 1.28 bits per heavy atom. The van der Waals surface area contributed by atoms with Gasteiger partial charge >= 0.3 is 0 Å².